The van der Waals surface area contributed by atoms with Gasteiger partial charge >= 0.3 is 0 Å². The van der Waals surface area contributed by atoms with Gasteiger partial charge in [-0.25, -0.2) is 0 Å². The second-order valence-electron chi connectivity index (χ2n) is 5.16. The van der Waals surface area contributed by atoms with Crippen molar-refractivity contribution in [3.05, 3.63) is 29.8 Å². The molecule has 0 spiro atoms. The molecular weight excluding hydrogens is 230 g/mol. The van der Waals surface area contributed by atoms with E-state index >= 15 is 0 Å². The molecule has 0 radical (unpaired) electrons. The lowest BCUT2D eigenvalue weighted by Crippen LogP contribution is -2.35. The minimum absolute atomic E-state index is 0.0719. The maximum absolute atomic E-state index is 9.48. The average Bonchev–Trinajstić information content (AvgIpc) is 2.69. The van der Waals surface area contributed by atoms with Gasteiger partial charge in [-0.2, -0.15) is 0 Å². The minimum atomic E-state index is -0.515. The summed E-state index contributed by atoms with van der Waals surface area (Å²) < 4.78 is 11.4. The van der Waals surface area contributed by atoms with E-state index in [2.05, 4.69) is 0 Å². The third-order valence-corrected chi connectivity index (χ3v) is 3.21. The molecule has 1 fully saturated rings. The van der Waals surface area contributed by atoms with Gasteiger partial charge in [-0.15, -0.1) is 0 Å². The zero-order valence-electron chi connectivity index (χ0n) is 11.4. The number of hydrogen-bond acceptors (Lipinski definition) is 4. The molecule has 0 saturated carbocycles. The van der Waals surface area contributed by atoms with Crippen LogP contribution in [0, 0.1) is 0 Å². The van der Waals surface area contributed by atoms with Crippen LogP contribution in [-0.2, 0) is 9.47 Å². The van der Waals surface area contributed by atoms with E-state index in [1.165, 1.54) is 0 Å². The first kappa shape index (κ1) is 13.3. The molecule has 0 bridgehead atoms. The molecule has 1 aromatic rings. The number of nitrogens with zero attached hydrogens (tertiary/aromatic N) is 1. The standard InChI is InChI=1S/C14H21NO3/c1-10(16)11-5-7-12(8-6-11)15(4)13-9-17-14(2,3)18-13/h5-8,10,13,16H,9H2,1-4H3. The molecule has 0 amide bonds. The fourth-order valence-electron chi connectivity index (χ4n) is 2.01. The molecular formula is C14H21NO3. The Bertz CT molecular complexity index is 400. The molecule has 1 aliphatic rings. The summed E-state index contributed by atoms with van der Waals surface area (Å²) in [5.41, 5.74) is 1.96. The van der Waals surface area contributed by atoms with Gasteiger partial charge in [-0.1, -0.05) is 12.1 Å². The molecule has 1 aliphatic heterocycles. The van der Waals surface area contributed by atoms with Crippen molar-refractivity contribution in [1.29, 1.82) is 0 Å². The van der Waals surface area contributed by atoms with Crippen LogP contribution >= 0.6 is 0 Å². The predicted molar refractivity (Wildman–Crippen MR) is 70.4 cm³/mol. The molecule has 1 aromatic carbocycles. The first-order valence-electron chi connectivity index (χ1n) is 6.22. The average molecular weight is 251 g/mol. The van der Waals surface area contributed by atoms with Crippen molar-refractivity contribution in [2.75, 3.05) is 18.6 Å². The summed E-state index contributed by atoms with van der Waals surface area (Å²) in [5.74, 6) is -0.515. The maximum atomic E-state index is 9.48. The first-order chi connectivity index (χ1) is 8.39. The van der Waals surface area contributed by atoms with Crippen LogP contribution in [0.1, 0.15) is 32.4 Å². The summed E-state index contributed by atoms with van der Waals surface area (Å²) >= 11 is 0. The molecule has 100 valence electrons. The van der Waals surface area contributed by atoms with Crippen LogP contribution in [0.5, 0.6) is 0 Å². The number of aliphatic hydroxyl groups excluding tert-OH is 1. The molecule has 18 heavy (non-hydrogen) atoms. The Morgan fingerprint density at radius 3 is 2.39 bits per heavy atom. The van der Waals surface area contributed by atoms with E-state index in [9.17, 15) is 5.11 Å². The minimum Gasteiger partial charge on any atom is -0.389 e. The molecule has 2 rings (SSSR count). The highest BCUT2D eigenvalue weighted by atomic mass is 16.8. The topological polar surface area (TPSA) is 41.9 Å². The van der Waals surface area contributed by atoms with Gasteiger partial charge < -0.3 is 19.5 Å². The number of aliphatic hydroxyl groups is 1. The van der Waals surface area contributed by atoms with E-state index < -0.39 is 11.9 Å². The third kappa shape index (κ3) is 2.83. The third-order valence-electron chi connectivity index (χ3n) is 3.21. The SMILES string of the molecule is CC(O)c1ccc(N(C)C2COC(C)(C)O2)cc1. The van der Waals surface area contributed by atoms with Crippen LogP contribution in [0.15, 0.2) is 24.3 Å². The zero-order valence-corrected chi connectivity index (χ0v) is 11.4. The number of rotatable bonds is 3. The Hall–Kier alpha value is -1.10. The molecule has 1 saturated heterocycles. The summed E-state index contributed by atoms with van der Waals surface area (Å²) in [6.45, 7) is 6.14. The van der Waals surface area contributed by atoms with Gasteiger partial charge in [0.2, 0.25) is 0 Å². The smallest absolute Gasteiger partial charge is 0.165 e. The van der Waals surface area contributed by atoms with Crippen LogP contribution in [0.2, 0.25) is 0 Å². The van der Waals surface area contributed by atoms with E-state index in [0.29, 0.717) is 6.61 Å². The Balaban J connectivity index is 2.07. The van der Waals surface area contributed by atoms with Gasteiger partial charge in [-0.3, -0.25) is 0 Å². The van der Waals surface area contributed by atoms with Crippen molar-refractivity contribution in [2.45, 2.75) is 38.9 Å². The fraction of sp³-hybridized carbons (Fsp3) is 0.571. The zero-order chi connectivity index (χ0) is 13.3. The van der Waals surface area contributed by atoms with Crippen molar-refractivity contribution in [3.8, 4) is 0 Å². The highest BCUT2D eigenvalue weighted by molar-refractivity contribution is 5.47. The van der Waals surface area contributed by atoms with Crippen molar-refractivity contribution < 1.29 is 14.6 Å². The van der Waals surface area contributed by atoms with Gasteiger partial charge in [0, 0.05) is 12.7 Å². The van der Waals surface area contributed by atoms with E-state index in [4.69, 9.17) is 9.47 Å². The Morgan fingerprint density at radius 2 is 1.94 bits per heavy atom. The number of likely N-dealkylation sites (N-methyl/N-ethyl adjacent to an activating group) is 1. The summed E-state index contributed by atoms with van der Waals surface area (Å²) in [7, 11) is 1.98. The molecule has 1 heterocycles. The van der Waals surface area contributed by atoms with Gasteiger partial charge in [-0.05, 0) is 38.5 Å². The fourth-order valence-corrected chi connectivity index (χ4v) is 2.01. The monoisotopic (exact) mass is 251 g/mol. The Morgan fingerprint density at radius 1 is 1.33 bits per heavy atom. The van der Waals surface area contributed by atoms with Crippen LogP contribution < -0.4 is 4.90 Å². The van der Waals surface area contributed by atoms with E-state index in [-0.39, 0.29) is 6.23 Å². The lowest BCUT2D eigenvalue weighted by Gasteiger charge is -2.26. The van der Waals surface area contributed by atoms with Crippen molar-refractivity contribution >= 4 is 5.69 Å². The van der Waals surface area contributed by atoms with E-state index in [1.54, 1.807) is 6.92 Å². The van der Waals surface area contributed by atoms with Gasteiger partial charge in [0.15, 0.2) is 12.0 Å². The summed E-state index contributed by atoms with van der Waals surface area (Å²) in [4.78, 5) is 2.04. The van der Waals surface area contributed by atoms with E-state index in [0.717, 1.165) is 11.3 Å². The normalized spacial score (nSPS) is 23.9. The van der Waals surface area contributed by atoms with Crippen LogP contribution in [0.25, 0.3) is 0 Å². The van der Waals surface area contributed by atoms with Crippen molar-refractivity contribution in [2.24, 2.45) is 0 Å². The van der Waals surface area contributed by atoms with Crippen molar-refractivity contribution in [1.82, 2.24) is 0 Å². The molecule has 0 aliphatic carbocycles. The van der Waals surface area contributed by atoms with Gasteiger partial charge in [0.1, 0.15) is 0 Å². The highest BCUT2D eigenvalue weighted by Gasteiger charge is 2.35. The lowest BCUT2D eigenvalue weighted by molar-refractivity contribution is -0.137. The largest absolute Gasteiger partial charge is 0.389 e. The van der Waals surface area contributed by atoms with Crippen molar-refractivity contribution in [3.63, 3.8) is 0 Å². The predicted octanol–water partition coefficient (Wildman–Crippen LogP) is 2.29. The van der Waals surface area contributed by atoms with Gasteiger partial charge in [0.25, 0.3) is 0 Å². The molecule has 2 unspecified atom stereocenters. The summed E-state index contributed by atoms with van der Waals surface area (Å²) in [5, 5.41) is 9.48. The van der Waals surface area contributed by atoms with Crippen LogP contribution in [0.3, 0.4) is 0 Å². The number of benzene rings is 1. The maximum Gasteiger partial charge on any atom is 0.165 e. The van der Waals surface area contributed by atoms with Crippen LogP contribution in [-0.4, -0.2) is 30.8 Å². The van der Waals surface area contributed by atoms with Crippen LogP contribution in [0.4, 0.5) is 5.69 Å². The lowest BCUT2D eigenvalue weighted by atomic mass is 10.1. The summed E-state index contributed by atoms with van der Waals surface area (Å²) in [6.07, 6.45) is -0.508. The second kappa shape index (κ2) is 4.88. The molecule has 0 aromatic heterocycles. The number of hydrogen-bond donors (Lipinski definition) is 1. The molecule has 1 N–H and O–H groups in total. The molecule has 4 heteroatoms. The quantitative estimate of drug-likeness (QED) is 0.895. The molecule has 4 nitrogen and oxygen atoms in total. The Kier molecular flexibility index (Phi) is 3.61. The first-order valence-corrected chi connectivity index (χ1v) is 6.22. The van der Waals surface area contributed by atoms with E-state index in [1.807, 2.05) is 50.1 Å². The second-order valence-corrected chi connectivity index (χ2v) is 5.16. The highest BCUT2D eigenvalue weighted by Crippen LogP contribution is 2.27. The Labute approximate surface area is 108 Å². The summed E-state index contributed by atoms with van der Waals surface area (Å²) in [6, 6.07) is 7.82. The van der Waals surface area contributed by atoms with Gasteiger partial charge in [0.05, 0.1) is 12.7 Å². The molecule has 2 atom stereocenters. The number of anilines is 1. The number of ether oxygens (including phenoxy) is 2.